The number of ether oxygens (including phenoxy) is 2. The summed E-state index contributed by atoms with van der Waals surface area (Å²) in [5.74, 6) is 1.29. The molecule has 4 nitrogen and oxygen atoms in total. The third kappa shape index (κ3) is 5.95. The number of carbonyl (C=O) groups excluding carboxylic acids is 1. The Morgan fingerprint density at radius 3 is 2.50 bits per heavy atom. The Labute approximate surface area is 160 Å². The molecule has 0 unspecified atom stereocenters. The van der Waals surface area contributed by atoms with Gasteiger partial charge in [-0.25, -0.2) is 0 Å². The average Bonchev–Trinajstić information content (AvgIpc) is 2.60. The highest BCUT2D eigenvalue weighted by molar-refractivity contribution is 6.31. The van der Waals surface area contributed by atoms with Crippen molar-refractivity contribution in [3.8, 4) is 11.5 Å². The van der Waals surface area contributed by atoms with Crippen molar-refractivity contribution in [2.45, 2.75) is 52.9 Å². The summed E-state index contributed by atoms with van der Waals surface area (Å²) < 4.78 is 11.5. The SMILES string of the molecule is CC[C@@H](Oc1ccc(Cl)c(C)c1)C(=O)NCc1cccc(OC(C)C)c1. The van der Waals surface area contributed by atoms with Crippen LogP contribution in [-0.2, 0) is 11.3 Å². The third-order valence-electron chi connectivity index (χ3n) is 3.81. The van der Waals surface area contributed by atoms with Crippen LogP contribution in [0.4, 0.5) is 0 Å². The number of hydrogen-bond acceptors (Lipinski definition) is 3. The fraction of sp³-hybridized carbons (Fsp3) is 0.381. The number of aryl methyl sites for hydroxylation is 1. The molecule has 1 amide bonds. The van der Waals surface area contributed by atoms with Crippen LogP contribution >= 0.6 is 11.6 Å². The van der Waals surface area contributed by atoms with Gasteiger partial charge in [0, 0.05) is 11.6 Å². The maximum atomic E-state index is 12.5. The number of nitrogens with one attached hydrogen (secondary N) is 1. The summed E-state index contributed by atoms with van der Waals surface area (Å²) in [4.78, 5) is 12.5. The Hall–Kier alpha value is -2.20. The van der Waals surface area contributed by atoms with Crippen LogP contribution in [0, 0.1) is 6.92 Å². The molecule has 0 aliphatic carbocycles. The van der Waals surface area contributed by atoms with Crippen LogP contribution in [-0.4, -0.2) is 18.1 Å². The second-order valence-corrected chi connectivity index (χ2v) is 6.86. The second kappa shape index (κ2) is 9.48. The van der Waals surface area contributed by atoms with Crippen LogP contribution in [0.2, 0.25) is 5.02 Å². The van der Waals surface area contributed by atoms with Crippen molar-refractivity contribution in [2.24, 2.45) is 0 Å². The molecule has 0 fully saturated rings. The van der Waals surface area contributed by atoms with E-state index in [1.54, 1.807) is 12.1 Å². The Morgan fingerprint density at radius 1 is 1.12 bits per heavy atom. The highest BCUT2D eigenvalue weighted by atomic mass is 35.5. The smallest absolute Gasteiger partial charge is 0.261 e. The van der Waals surface area contributed by atoms with E-state index in [1.807, 2.05) is 58.0 Å². The second-order valence-electron chi connectivity index (χ2n) is 6.46. The first kappa shape index (κ1) is 20.1. The molecule has 1 atom stereocenters. The lowest BCUT2D eigenvalue weighted by atomic mass is 10.2. The van der Waals surface area contributed by atoms with Crippen molar-refractivity contribution in [3.63, 3.8) is 0 Å². The van der Waals surface area contributed by atoms with E-state index in [2.05, 4.69) is 5.32 Å². The first-order valence-electron chi connectivity index (χ1n) is 8.85. The number of hydrogen-bond donors (Lipinski definition) is 1. The number of rotatable bonds is 8. The molecule has 0 saturated heterocycles. The van der Waals surface area contributed by atoms with Gasteiger partial charge < -0.3 is 14.8 Å². The molecule has 0 bridgehead atoms. The minimum absolute atomic E-state index is 0.112. The van der Waals surface area contributed by atoms with Gasteiger partial charge in [0.2, 0.25) is 0 Å². The highest BCUT2D eigenvalue weighted by Gasteiger charge is 2.18. The summed E-state index contributed by atoms with van der Waals surface area (Å²) in [6.45, 7) is 8.21. The van der Waals surface area contributed by atoms with Crippen molar-refractivity contribution in [1.29, 1.82) is 0 Å². The standard InChI is InChI=1S/C21H26ClNO3/c1-5-20(26-18-9-10-19(22)15(4)11-18)21(24)23-13-16-7-6-8-17(12-16)25-14(2)3/h6-12,14,20H,5,13H2,1-4H3,(H,23,24)/t20-/m1/s1. The van der Waals surface area contributed by atoms with Crippen LogP contribution in [0.15, 0.2) is 42.5 Å². The quantitative estimate of drug-likeness (QED) is 0.713. The van der Waals surface area contributed by atoms with Crippen LogP contribution in [0.25, 0.3) is 0 Å². The predicted octanol–water partition coefficient (Wildman–Crippen LogP) is 4.91. The predicted molar refractivity (Wildman–Crippen MR) is 105 cm³/mol. The van der Waals surface area contributed by atoms with Gasteiger partial charge in [-0.3, -0.25) is 4.79 Å². The average molecular weight is 376 g/mol. The van der Waals surface area contributed by atoms with Crippen molar-refractivity contribution >= 4 is 17.5 Å². The Balaban J connectivity index is 1.95. The van der Waals surface area contributed by atoms with Gasteiger partial charge in [-0.15, -0.1) is 0 Å². The minimum atomic E-state index is -0.550. The summed E-state index contributed by atoms with van der Waals surface area (Å²) in [6, 6.07) is 13.1. The van der Waals surface area contributed by atoms with E-state index in [4.69, 9.17) is 21.1 Å². The molecule has 0 aromatic heterocycles. The number of benzene rings is 2. The van der Waals surface area contributed by atoms with Gasteiger partial charge in [-0.2, -0.15) is 0 Å². The molecule has 0 aliphatic rings. The summed E-state index contributed by atoms with van der Waals surface area (Å²) >= 11 is 6.03. The van der Waals surface area contributed by atoms with Gasteiger partial charge in [0.05, 0.1) is 6.10 Å². The maximum Gasteiger partial charge on any atom is 0.261 e. The lowest BCUT2D eigenvalue weighted by Gasteiger charge is -2.18. The van der Waals surface area contributed by atoms with E-state index in [1.165, 1.54) is 0 Å². The molecule has 26 heavy (non-hydrogen) atoms. The van der Waals surface area contributed by atoms with E-state index < -0.39 is 6.10 Å². The Kier molecular flexibility index (Phi) is 7.34. The summed E-state index contributed by atoms with van der Waals surface area (Å²) in [5.41, 5.74) is 1.90. The molecule has 2 rings (SSSR count). The lowest BCUT2D eigenvalue weighted by Crippen LogP contribution is -2.37. The van der Waals surface area contributed by atoms with E-state index >= 15 is 0 Å². The first-order valence-corrected chi connectivity index (χ1v) is 9.23. The van der Waals surface area contributed by atoms with Crippen molar-refractivity contribution in [2.75, 3.05) is 0 Å². The Bertz CT molecular complexity index is 746. The van der Waals surface area contributed by atoms with Gasteiger partial charge in [0.15, 0.2) is 6.10 Å². The molecule has 0 saturated carbocycles. The highest BCUT2D eigenvalue weighted by Crippen LogP contribution is 2.22. The normalized spacial score (nSPS) is 11.9. The summed E-state index contributed by atoms with van der Waals surface area (Å²) in [6.07, 6.45) is 0.135. The molecule has 140 valence electrons. The molecule has 0 aliphatic heterocycles. The number of halogens is 1. The molecule has 0 spiro atoms. The van der Waals surface area contributed by atoms with E-state index in [9.17, 15) is 4.79 Å². The maximum absolute atomic E-state index is 12.5. The van der Waals surface area contributed by atoms with Gasteiger partial charge in [0.25, 0.3) is 5.91 Å². The van der Waals surface area contributed by atoms with E-state index in [0.717, 1.165) is 16.9 Å². The number of amides is 1. The van der Waals surface area contributed by atoms with Crippen LogP contribution in [0.3, 0.4) is 0 Å². The zero-order chi connectivity index (χ0) is 19.1. The summed E-state index contributed by atoms with van der Waals surface area (Å²) in [7, 11) is 0. The molecule has 5 heteroatoms. The van der Waals surface area contributed by atoms with Gasteiger partial charge in [0.1, 0.15) is 11.5 Å². The fourth-order valence-corrected chi connectivity index (χ4v) is 2.60. The van der Waals surface area contributed by atoms with Crippen molar-refractivity contribution in [3.05, 3.63) is 58.6 Å². The van der Waals surface area contributed by atoms with Crippen LogP contribution in [0.5, 0.6) is 11.5 Å². The first-order chi connectivity index (χ1) is 12.4. The molecule has 0 heterocycles. The topological polar surface area (TPSA) is 47.6 Å². The fourth-order valence-electron chi connectivity index (χ4n) is 2.48. The molecule has 1 N–H and O–H groups in total. The third-order valence-corrected chi connectivity index (χ3v) is 4.23. The minimum Gasteiger partial charge on any atom is -0.491 e. The molecular weight excluding hydrogens is 350 g/mol. The molecule has 2 aromatic rings. The molecule has 0 radical (unpaired) electrons. The summed E-state index contributed by atoms with van der Waals surface area (Å²) in [5, 5.41) is 3.61. The lowest BCUT2D eigenvalue weighted by molar-refractivity contribution is -0.128. The zero-order valence-electron chi connectivity index (χ0n) is 15.7. The molecule has 2 aromatic carbocycles. The van der Waals surface area contributed by atoms with Crippen molar-refractivity contribution < 1.29 is 14.3 Å². The molecular formula is C21H26ClNO3. The van der Waals surface area contributed by atoms with Gasteiger partial charge in [-0.05, 0) is 68.7 Å². The van der Waals surface area contributed by atoms with E-state index in [0.29, 0.717) is 23.7 Å². The van der Waals surface area contributed by atoms with Crippen LogP contribution in [0.1, 0.15) is 38.3 Å². The zero-order valence-corrected chi connectivity index (χ0v) is 16.5. The largest absolute Gasteiger partial charge is 0.491 e. The monoisotopic (exact) mass is 375 g/mol. The van der Waals surface area contributed by atoms with E-state index in [-0.39, 0.29) is 12.0 Å². The van der Waals surface area contributed by atoms with Gasteiger partial charge >= 0.3 is 0 Å². The Morgan fingerprint density at radius 2 is 1.85 bits per heavy atom. The van der Waals surface area contributed by atoms with Crippen LogP contribution < -0.4 is 14.8 Å². The number of carbonyl (C=O) groups is 1. The van der Waals surface area contributed by atoms with Gasteiger partial charge in [-0.1, -0.05) is 30.7 Å². The van der Waals surface area contributed by atoms with Crippen molar-refractivity contribution in [1.82, 2.24) is 5.32 Å².